The highest BCUT2D eigenvalue weighted by Gasteiger charge is 2.40. The molecule has 0 amide bonds. The number of halogens is 3. The minimum Gasteiger partial charge on any atom is -0.495 e. The smallest absolute Gasteiger partial charge is 0.391 e. The number of hydrogen-bond acceptors (Lipinski definition) is 4. The minimum absolute atomic E-state index is 0.0581. The summed E-state index contributed by atoms with van der Waals surface area (Å²) < 4.78 is 68.2. The first-order chi connectivity index (χ1) is 11.6. The van der Waals surface area contributed by atoms with Gasteiger partial charge in [0, 0.05) is 5.56 Å². The van der Waals surface area contributed by atoms with Gasteiger partial charge >= 0.3 is 6.18 Å². The van der Waals surface area contributed by atoms with E-state index in [1.54, 1.807) is 6.08 Å². The summed E-state index contributed by atoms with van der Waals surface area (Å²) in [5.41, 5.74) is 0.613. The van der Waals surface area contributed by atoms with Crippen molar-refractivity contribution in [3.05, 3.63) is 23.9 Å². The minimum atomic E-state index is -4.12. The second-order valence-electron chi connectivity index (χ2n) is 6.20. The summed E-state index contributed by atoms with van der Waals surface area (Å²) >= 11 is 0. The molecular weight excluding hydrogens is 357 g/mol. The molecule has 1 aromatic heterocycles. The van der Waals surface area contributed by atoms with E-state index in [1.165, 1.54) is 19.4 Å². The fourth-order valence-electron chi connectivity index (χ4n) is 2.88. The Bertz CT molecular complexity index is 725. The molecule has 0 unspecified atom stereocenters. The SMILES string of the molecule is COc1cnc(NS(C)(=O)=O)cc1/C=C/[C@H]1CC[C@H](C(F)(F)F)CC1. The average Bonchev–Trinajstić information content (AvgIpc) is 2.51. The molecule has 1 N–H and O–H groups in total. The van der Waals surface area contributed by atoms with Gasteiger partial charge in [-0.15, -0.1) is 0 Å². The van der Waals surface area contributed by atoms with Gasteiger partial charge in [-0.3, -0.25) is 4.72 Å². The summed E-state index contributed by atoms with van der Waals surface area (Å²) in [7, 11) is -1.99. The molecule has 1 saturated carbocycles. The van der Waals surface area contributed by atoms with Gasteiger partial charge in [0.2, 0.25) is 10.0 Å². The predicted molar refractivity (Wildman–Crippen MR) is 89.8 cm³/mol. The van der Waals surface area contributed by atoms with E-state index in [2.05, 4.69) is 9.71 Å². The van der Waals surface area contributed by atoms with Crippen LogP contribution in [0.15, 0.2) is 18.3 Å². The summed E-state index contributed by atoms with van der Waals surface area (Å²) in [4.78, 5) is 3.95. The van der Waals surface area contributed by atoms with Crippen molar-refractivity contribution in [1.82, 2.24) is 4.98 Å². The number of sulfonamides is 1. The zero-order valence-corrected chi connectivity index (χ0v) is 14.8. The van der Waals surface area contributed by atoms with E-state index in [0.29, 0.717) is 24.2 Å². The van der Waals surface area contributed by atoms with Gasteiger partial charge in [0.25, 0.3) is 0 Å². The lowest BCUT2D eigenvalue weighted by molar-refractivity contribution is -0.183. The molecule has 0 spiro atoms. The average molecular weight is 378 g/mol. The largest absolute Gasteiger partial charge is 0.495 e. The molecule has 0 saturated heterocycles. The molecule has 140 valence electrons. The van der Waals surface area contributed by atoms with Crippen molar-refractivity contribution in [3.63, 3.8) is 0 Å². The molecule has 25 heavy (non-hydrogen) atoms. The standard InChI is InChI=1S/C16H21F3N2O3S/c1-24-14-10-20-15(21-25(2,22)23)9-12(14)6-3-11-4-7-13(8-5-11)16(17,18)19/h3,6,9-11,13H,4-5,7-8H2,1-2H3,(H,20,21)/b6-3+/t11-,13-. The first-order valence-corrected chi connectivity index (χ1v) is 9.74. The summed E-state index contributed by atoms with van der Waals surface area (Å²) in [6, 6.07) is 1.53. The fourth-order valence-corrected chi connectivity index (χ4v) is 3.38. The molecule has 5 nitrogen and oxygen atoms in total. The van der Waals surface area contributed by atoms with E-state index in [9.17, 15) is 21.6 Å². The van der Waals surface area contributed by atoms with Crippen LogP contribution in [0.4, 0.5) is 19.0 Å². The van der Waals surface area contributed by atoms with Crippen LogP contribution >= 0.6 is 0 Å². The van der Waals surface area contributed by atoms with Crippen molar-refractivity contribution >= 4 is 21.9 Å². The van der Waals surface area contributed by atoms with Crippen molar-refractivity contribution in [2.45, 2.75) is 31.9 Å². The highest BCUT2D eigenvalue weighted by atomic mass is 32.2. The van der Waals surface area contributed by atoms with Crippen molar-refractivity contribution in [1.29, 1.82) is 0 Å². The van der Waals surface area contributed by atoms with Gasteiger partial charge in [-0.1, -0.05) is 12.2 Å². The highest BCUT2D eigenvalue weighted by molar-refractivity contribution is 7.92. The third-order valence-electron chi connectivity index (χ3n) is 4.19. The maximum Gasteiger partial charge on any atom is 0.391 e. The van der Waals surface area contributed by atoms with Gasteiger partial charge in [0.1, 0.15) is 11.6 Å². The predicted octanol–water partition coefficient (Wildman–Crippen LogP) is 3.84. The van der Waals surface area contributed by atoms with E-state index in [-0.39, 0.29) is 24.6 Å². The second-order valence-corrected chi connectivity index (χ2v) is 7.95. The second kappa shape index (κ2) is 7.63. The number of anilines is 1. The number of pyridine rings is 1. The van der Waals surface area contributed by atoms with E-state index in [0.717, 1.165) is 6.26 Å². The molecule has 1 aliphatic rings. The number of methoxy groups -OCH3 is 1. The Balaban J connectivity index is 2.08. The quantitative estimate of drug-likeness (QED) is 0.845. The number of aromatic nitrogens is 1. The molecule has 1 aromatic rings. The molecule has 9 heteroatoms. The number of hydrogen-bond donors (Lipinski definition) is 1. The highest BCUT2D eigenvalue weighted by Crippen LogP contribution is 2.40. The van der Waals surface area contributed by atoms with Crippen molar-refractivity contribution in [3.8, 4) is 5.75 Å². The lowest BCUT2D eigenvalue weighted by atomic mass is 9.81. The molecule has 1 heterocycles. The lowest BCUT2D eigenvalue weighted by Crippen LogP contribution is -2.27. The number of nitrogens with one attached hydrogen (secondary N) is 1. The molecule has 0 atom stereocenters. The van der Waals surface area contributed by atoms with Crippen LogP contribution in [0, 0.1) is 11.8 Å². The van der Waals surface area contributed by atoms with Crippen LogP contribution in [0.25, 0.3) is 6.08 Å². The van der Waals surface area contributed by atoms with Crippen molar-refractivity contribution in [2.24, 2.45) is 11.8 Å². The van der Waals surface area contributed by atoms with Crippen molar-refractivity contribution < 1.29 is 26.3 Å². The van der Waals surface area contributed by atoms with Crippen LogP contribution in [0.1, 0.15) is 31.2 Å². The normalized spacial score (nSPS) is 22.1. The summed E-state index contributed by atoms with van der Waals surface area (Å²) in [5, 5.41) is 0. The summed E-state index contributed by atoms with van der Waals surface area (Å²) in [6.07, 6.45) is 3.11. The number of rotatable bonds is 5. The van der Waals surface area contributed by atoms with Crippen LogP contribution in [-0.4, -0.2) is 32.9 Å². The number of nitrogens with zero attached hydrogens (tertiary/aromatic N) is 1. The zero-order chi connectivity index (χ0) is 18.7. The van der Waals surface area contributed by atoms with E-state index in [1.807, 2.05) is 6.08 Å². The summed E-state index contributed by atoms with van der Waals surface area (Å²) in [6.45, 7) is 0. The lowest BCUT2D eigenvalue weighted by Gasteiger charge is -2.28. The molecule has 0 radical (unpaired) electrons. The first kappa shape index (κ1) is 19.6. The topological polar surface area (TPSA) is 68.3 Å². The van der Waals surface area contributed by atoms with Gasteiger partial charge < -0.3 is 4.74 Å². The molecule has 1 aliphatic carbocycles. The van der Waals surface area contributed by atoms with Gasteiger partial charge in [-0.05, 0) is 37.7 Å². The molecular formula is C16H21F3N2O3S. The Morgan fingerprint density at radius 1 is 1.28 bits per heavy atom. The first-order valence-electron chi connectivity index (χ1n) is 7.85. The van der Waals surface area contributed by atoms with E-state index < -0.39 is 22.1 Å². The molecule has 2 rings (SSSR count). The Labute approximate surface area is 145 Å². The van der Waals surface area contributed by atoms with Crippen LogP contribution in [-0.2, 0) is 10.0 Å². The van der Waals surface area contributed by atoms with Crippen LogP contribution in [0.5, 0.6) is 5.75 Å². The summed E-state index contributed by atoms with van der Waals surface area (Å²) in [5.74, 6) is -0.538. The number of ether oxygens (including phenoxy) is 1. The van der Waals surface area contributed by atoms with Crippen molar-refractivity contribution in [2.75, 3.05) is 18.1 Å². The maximum atomic E-state index is 12.7. The molecule has 0 bridgehead atoms. The third-order valence-corrected chi connectivity index (χ3v) is 4.77. The Kier molecular flexibility index (Phi) is 5.97. The van der Waals surface area contributed by atoms with E-state index in [4.69, 9.17) is 4.74 Å². The maximum absolute atomic E-state index is 12.7. The van der Waals surface area contributed by atoms with Gasteiger partial charge in [0.05, 0.1) is 25.5 Å². The number of allylic oxidation sites excluding steroid dienone is 1. The Morgan fingerprint density at radius 2 is 1.92 bits per heavy atom. The molecule has 1 fully saturated rings. The van der Waals surface area contributed by atoms with E-state index >= 15 is 0 Å². The third kappa shape index (κ3) is 5.91. The van der Waals surface area contributed by atoms with Gasteiger partial charge in [-0.25, -0.2) is 13.4 Å². The molecule has 0 aromatic carbocycles. The van der Waals surface area contributed by atoms with Crippen LogP contribution < -0.4 is 9.46 Å². The monoisotopic (exact) mass is 378 g/mol. The number of alkyl halides is 3. The zero-order valence-electron chi connectivity index (χ0n) is 14.0. The van der Waals surface area contributed by atoms with Gasteiger partial charge in [-0.2, -0.15) is 13.2 Å². The van der Waals surface area contributed by atoms with Gasteiger partial charge in [0.15, 0.2) is 0 Å². The Morgan fingerprint density at radius 3 is 2.44 bits per heavy atom. The van der Waals surface area contributed by atoms with Crippen LogP contribution in [0.2, 0.25) is 0 Å². The molecule has 0 aliphatic heterocycles. The Hall–Kier alpha value is -1.77. The van der Waals surface area contributed by atoms with Crippen LogP contribution in [0.3, 0.4) is 0 Å². The fraction of sp³-hybridized carbons (Fsp3) is 0.562.